The molecule has 20 heavy (non-hydrogen) atoms. The maximum Gasteiger partial charge on any atom is 0.162 e. The van der Waals surface area contributed by atoms with Gasteiger partial charge in [0.05, 0.1) is 0 Å². The molecule has 1 aromatic rings. The molecule has 1 aromatic heterocycles. The molecule has 0 saturated heterocycles. The van der Waals surface area contributed by atoms with E-state index in [-0.39, 0.29) is 5.60 Å². The minimum atomic E-state index is -0.223. The molecule has 4 nitrogen and oxygen atoms in total. The highest BCUT2D eigenvalue weighted by atomic mass is 16.5. The van der Waals surface area contributed by atoms with Crippen LogP contribution in [-0.2, 0) is 10.3 Å². The van der Waals surface area contributed by atoms with Crippen molar-refractivity contribution in [3.05, 3.63) is 17.6 Å². The minimum Gasteiger partial charge on any atom is -0.370 e. The summed E-state index contributed by atoms with van der Waals surface area (Å²) in [6, 6.07) is 2.14. The van der Waals surface area contributed by atoms with Crippen molar-refractivity contribution >= 4 is 5.82 Å². The Morgan fingerprint density at radius 1 is 1.25 bits per heavy atom. The molecule has 0 bridgehead atoms. The average molecular weight is 275 g/mol. The van der Waals surface area contributed by atoms with Gasteiger partial charge in [-0.05, 0) is 39.0 Å². The lowest BCUT2D eigenvalue weighted by Gasteiger charge is -2.39. The van der Waals surface area contributed by atoms with E-state index in [0.29, 0.717) is 5.92 Å². The highest BCUT2D eigenvalue weighted by molar-refractivity contribution is 5.38. The summed E-state index contributed by atoms with van der Waals surface area (Å²) in [5.41, 5.74) is 0.991. The number of anilines is 1. The van der Waals surface area contributed by atoms with E-state index in [9.17, 15) is 0 Å². The van der Waals surface area contributed by atoms with Gasteiger partial charge in [-0.3, -0.25) is 0 Å². The van der Waals surface area contributed by atoms with Crippen molar-refractivity contribution in [2.24, 2.45) is 0 Å². The molecule has 2 aliphatic rings. The molecule has 110 valence electrons. The number of aromatic nitrogens is 2. The fourth-order valence-corrected chi connectivity index (χ4v) is 3.39. The summed E-state index contributed by atoms with van der Waals surface area (Å²) in [6.07, 6.45) is 8.49. The summed E-state index contributed by atoms with van der Waals surface area (Å²) in [4.78, 5) is 9.60. The lowest BCUT2D eigenvalue weighted by atomic mass is 9.79. The van der Waals surface area contributed by atoms with Crippen molar-refractivity contribution in [3.63, 3.8) is 0 Å². The van der Waals surface area contributed by atoms with E-state index in [0.717, 1.165) is 31.0 Å². The first-order valence-electron chi connectivity index (χ1n) is 7.96. The van der Waals surface area contributed by atoms with Gasteiger partial charge in [0.1, 0.15) is 11.4 Å². The van der Waals surface area contributed by atoms with Crippen LogP contribution in [0.5, 0.6) is 0 Å². The Hall–Kier alpha value is -1.16. The number of nitrogens with zero attached hydrogens (tertiary/aromatic N) is 2. The molecule has 1 heterocycles. The van der Waals surface area contributed by atoms with E-state index in [1.54, 1.807) is 7.11 Å². The van der Waals surface area contributed by atoms with Crippen LogP contribution in [0.4, 0.5) is 5.82 Å². The predicted octanol–water partition coefficient (Wildman–Crippen LogP) is 3.59. The van der Waals surface area contributed by atoms with Crippen LogP contribution in [0.2, 0.25) is 0 Å². The van der Waals surface area contributed by atoms with E-state index in [1.165, 1.54) is 37.8 Å². The Morgan fingerprint density at radius 2 is 2.00 bits per heavy atom. The van der Waals surface area contributed by atoms with Crippen LogP contribution in [-0.4, -0.2) is 23.6 Å². The number of nitrogens with one attached hydrogen (secondary N) is 1. The molecule has 2 fully saturated rings. The first-order valence-corrected chi connectivity index (χ1v) is 7.96. The SMILES string of the molecule is CCNc1cc(C2CCCC2)nc(C2(OC)CCC2)n1. The van der Waals surface area contributed by atoms with Crippen molar-refractivity contribution in [1.29, 1.82) is 0 Å². The van der Waals surface area contributed by atoms with Gasteiger partial charge in [-0.2, -0.15) is 0 Å². The van der Waals surface area contributed by atoms with Crippen molar-refractivity contribution in [3.8, 4) is 0 Å². The lowest BCUT2D eigenvalue weighted by molar-refractivity contribution is -0.0847. The molecule has 0 unspecified atom stereocenters. The van der Waals surface area contributed by atoms with Gasteiger partial charge in [0.2, 0.25) is 0 Å². The van der Waals surface area contributed by atoms with Gasteiger partial charge in [0, 0.05) is 31.3 Å². The second-order valence-electron chi connectivity index (χ2n) is 6.07. The zero-order valence-corrected chi connectivity index (χ0v) is 12.6. The molecule has 4 heteroatoms. The van der Waals surface area contributed by atoms with Crippen LogP contribution >= 0.6 is 0 Å². The molecule has 0 amide bonds. The predicted molar refractivity (Wildman–Crippen MR) is 79.9 cm³/mol. The van der Waals surface area contributed by atoms with Gasteiger partial charge in [0.15, 0.2) is 5.82 Å². The molecule has 0 radical (unpaired) electrons. The zero-order chi connectivity index (χ0) is 14.0. The molecule has 1 N–H and O–H groups in total. The summed E-state index contributed by atoms with van der Waals surface area (Å²) in [6.45, 7) is 2.99. The number of hydrogen-bond acceptors (Lipinski definition) is 4. The molecule has 0 aromatic carbocycles. The van der Waals surface area contributed by atoms with Crippen LogP contribution in [0.1, 0.15) is 69.3 Å². The minimum absolute atomic E-state index is 0.223. The molecule has 2 aliphatic carbocycles. The largest absolute Gasteiger partial charge is 0.370 e. The second kappa shape index (κ2) is 5.68. The summed E-state index contributed by atoms with van der Waals surface area (Å²) in [5.74, 6) is 2.47. The van der Waals surface area contributed by atoms with Crippen molar-refractivity contribution in [2.45, 2.75) is 63.4 Å². The van der Waals surface area contributed by atoms with Gasteiger partial charge in [0.25, 0.3) is 0 Å². The van der Waals surface area contributed by atoms with Crippen LogP contribution in [0.15, 0.2) is 6.07 Å². The number of rotatable bonds is 5. The Balaban J connectivity index is 1.95. The number of methoxy groups -OCH3 is 1. The molecule has 2 saturated carbocycles. The monoisotopic (exact) mass is 275 g/mol. The maximum absolute atomic E-state index is 5.76. The first-order chi connectivity index (χ1) is 9.77. The maximum atomic E-state index is 5.76. The summed E-state index contributed by atoms with van der Waals surface area (Å²) >= 11 is 0. The highest BCUT2D eigenvalue weighted by Crippen LogP contribution is 2.44. The van der Waals surface area contributed by atoms with Crippen LogP contribution in [0, 0.1) is 0 Å². The lowest BCUT2D eigenvalue weighted by Crippen LogP contribution is -2.38. The quantitative estimate of drug-likeness (QED) is 0.892. The first kappa shape index (κ1) is 13.8. The van der Waals surface area contributed by atoms with Crippen molar-refractivity contribution in [2.75, 3.05) is 19.0 Å². The summed E-state index contributed by atoms with van der Waals surface area (Å²) in [7, 11) is 1.79. The second-order valence-corrected chi connectivity index (χ2v) is 6.07. The third-order valence-electron chi connectivity index (χ3n) is 4.84. The Bertz CT molecular complexity index is 459. The molecule has 0 spiro atoms. The molecular formula is C16H25N3O. The van der Waals surface area contributed by atoms with Crippen LogP contribution < -0.4 is 5.32 Å². The highest BCUT2D eigenvalue weighted by Gasteiger charge is 2.42. The average Bonchev–Trinajstić information content (AvgIpc) is 2.92. The van der Waals surface area contributed by atoms with Crippen LogP contribution in [0.25, 0.3) is 0 Å². The van der Waals surface area contributed by atoms with Gasteiger partial charge in [-0.15, -0.1) is 0 Å². The Kier molecular flexibility index (Phi) is 3.92. The van der Waals surface area contributed by atoms with Gasteiger partial charge in [-0.25, -0.2) is 9.97 Å². The Labute approximate surface area is 121 Å². The summed E-state index contributed by atoms with van der Waals surface area (Å²) < 4.78 is 5.76. The van der Waals surface area contributed by atoms with Gasteiger partial charge >= 0.3 is 0 Å². The molecular weight excluding hydrogens is 250 g/mol. The molecule has 3 rings (SSSR count). The third kappa shape index (κ3) is 2.41. The van der Waals surface area contributed by atoms with Gasteiger partial charge in [-0.1, -0.05) is 12.8 Å². The molecule has 0 aliphatic heterocycles. The van der Waals surface area contributed by atoms with E-state index in [4.69, 9.17) is 14.7 Å². The topological polar surface area (TPSA) is 47.0 Å². The van der Waals surface area contributed by atoms with Crippen LogP contribution in [0.3, 0.4) is 0 Å². The fraction of sp³-hybridized carbons (Fsp3) is 0.750. The fourth-order valence-electron chi connectivity index (χ4n) is 3.39. The van der Waals surface area contributed by atoms with Crippen molar-refractivity contribution in [1.82, 2.24) is 9.97 Å². The smallest absolute Gasteiger partial charge is 0.162 e. The zero-order valence-electron chi connectivity index (χ0n) is 12.6. The number of ether oxygens (including phenoxy) is 1. The van der Waals surface area contributed by atoms with E-state index < -0.39 is 0 Å². The molecule has 0 atom stereocenters. The van der Waals surface area contributed by atoms with E-state index in [2.05, 4.69) is 18.3 Å². The normalized spacial score (nSPS) is 21.7. The van der Waals surface area contributed by atoms with E-state index >= 15 is 0 Å². The van der Waals surface area contributed by atoms with E-state index in [1.807, 2.05) is 0 Å². The van der Waals surface area contributed by atoms with Crippen molar-refractivity contribution < 1.29 is 4.74 Å². The van der Waals surface area contributed by atoms with Gasteiger partial charge < -0.3 is 10.1 Å². The summed E-state index contributed by atoms with van der Waals surface area (Å²) in [5, 5.41) is 3.35. The Morgan fingerprint density at radius 3 is 2.55 bits per heavy atom. The number of hydrogen-bond donors (Lipinski definition) is 1. The third-order valence-corrected chi connectivity index (χ3v) is 4.84. The standard InChI is InChI=1S/C16H25N3O/c1-3-17-14-11-13(12-7-4-5-8-12)18-15(19-14)16(20-2)9-6-10-16/h11-12H,3-10H2,1-2H3,(H,17,18,19).